The summed E-state index contributed by atoms with van der Waals surface area (Å²) in [6.45, 7) is 0.204. The average molecular weight is 284 g/mol. The molecule has 18 heavy (non-hydrogen) atoms. The second kappa shape index (κ2) is 5.58. The summed E-state index contributed by atoms with van der Waals surface area (Å²) in [5.41, 5.74) is 0.904. The van der Waals surface area contributed by atoms with Crippen LogP contribution in [0.25, 0.3) is 0 Å². The van der Waals surface area contributed by atoms with Crippen LogP contribution >= 0.6 is 11.8 Å². The molecule has 1 aliphatic heterocycles. The number of carbonyl (C=O) groups is 1. The number of carbonyl (C=O) groups excluding carboxylic acids is 1. The number of ether oxygens (including phenoxy) is 1. The van der Waals surface area contributed by atoms with Crippen molar-refractivity contribution in [3.05, 3.63) is 47.4 Å². The summed E-state index contributed by atoms with van der Waals surface area (Å²) in [4.78, 5) is 11.5. The Bertz CT molecular complexity index is 549. The van der Waals surface area contributed by atoms with Crippen LogP contribution in [0.2, 0.25) is 0 Å². The molecule has 0 aromatic heterocycles. The standard InChI is InChI=1S/C12H12O4S2/c13-12(16-8-10-4-2-1-3-5-10)17-11-6-7-18(14,15)9-11/h1-7,11H,8-9H2. The fraction of sp³-hybridized carbons (Fsp3) is 0.250. The average Bonchev–Trinajstić information content (AvgIpc) is 2.67. The fourth-order valence-electron chi connectivity index (χ4n) is 1.49. The van der Waals surface area contributed by atoms with Gasteiger partial charge in [-0.3, -0.25) is 0 Å². The molecule has 0 bridgehead atoms. The van der Waals surface area contributed by atoms with E-state index in [-0.39, 0.29) is 17.6 Å². The van der Waals surface area contributed by atoms with Gasteiger partial charge in [-0.25, -0.2) is 13.2 Å². The zero-order chi connectivity index (χ0) is 13.0. The van der Waals surface area contributed by atoms with E-state index < -0.39 is 15.1 Å². The molecule has 1 aromatic rings. The predicted molar refractivity (Wildman–Crippen MR) is 70.9 cm³/mol. The molecule has 1 aliphatic rings. The molecular formula is C12H12O4S2. The van der Waals surface area contributed by atoms with Gasteiger partial charge in [0.05, 0.1) is 5.75 Å². The highest BCUT2D eigenvalue weighted by molar-refractivity contribution is 8.14. The monoisotopic (exact) mass is 284 g/mol. The Morgan fingerprint density at radius 3 is 2.67 bits per heavy atom. The summed E-state index contributed by atoms with van der Waals surface area (Å²) in [5, 5.41) is 0.360. The van der Waals surface area contributed by atoms with Crippen molar-refractivity contribution in [2.75, 3.05) is 5.75 Å². The lowest BCUT2D eigenvalue weighted by Crippen LogP contribution is -2.10. The smallest absolute Gasteiger partial charge is 0.368 e. The van der Waals surface area contributed by atoms with Crippen molar-refractivity contribution in [1.82, 2.24) is 0 Å². The number of hydrogen-bond donors (Lipinski definition) is 0. The topological polar surface area (TPSA) is 60.4 Å². The van der Waals surface area contributed by atoms with E-state index in [1.54, 1.807) is 0 Å². The minimum absolute atomic E-state index is 0.0297. The summed E-state index contributed by atoms with van der Waals surface area (Å²) < 4.78 is 27.4. The molecule has 2 rings (SSSR count). The minimum atomic E-state index is -3.12. The lowest BCUT2D eigenvalue weighted by atomic mass is 10.2. The van der Waals surface area contributed by atoms with Crippen molar-refractivity contribution in [2.24, 2.45) is 0 Å². The molecule has 0 amide bonds. The van der Waals surface area contributed by atoms with Gasteiger partial charge in [-0.15, -0.1) is 0 Å². The van der Waals surface area contributed by atoms with E-state index in [1.165, 1.54) is 6.08 Å². The van der Waals surface area contributed by atoms with Crippen LogP contribution in [0.15, 0.2) is 41.8 Å². The number of hydrogen-bond acceptors (Lipinski definition) is 5. The Hall–Kier alpha value is -1.27. The first-order valence-corrected chi connectivity index (χ1v) is 7.93. The van der Waals surface area contributed by atoms with Gasteiger partial charge in [-0.05, 0) is 17.3 Å². The molecule has 1 aromatic carbocycles. The van der Waals surface area contributed by atoms with E-state index in [0.717, 1.165) is 22.7 Å². The molecule has 1 heterocycles. The molecule has 0 radical (unpaired) electrons. The van der Waals surface area contributed by atoms with Crippen molar-refractivity contribution < 1.29 is 17.9 Å². The van der Waals surface area contributed by atoms with Crippen molar-refractivity contribution in [3.63, 3.8) is 0 Å². The molecule has 4 nitrogen and oxygen atoms in total. The summed E-state index contributed by atoms with van der Waals surface area (Å²) in [6, 6.07) is 9.33. The van der Waals surface area contributed by atoms with E-state index in [0.29, 0.717) is 0 Å². The molecule has 1 unspecified atom stereocenters. The van der Waals surface area contributed by atoms with Gasteiger partial charge in [0.2, 0.25) is 0 Å². The van der Waals surface area contributed by atoms with Crippen LogP contribution in [0.5, 0.6) is 0 Å². The molecular weight excluding hydrogens is 272 g/mol. The quantitative estimate of drug-likeness (QED) is 0.797. The van der Waals surface area contributed by atoms with Gasteiger partial charge in [-0.2, -0.15) is 0 Å². The maximum absolute atomic E-state index is 11.5. The zero-order valence-corrected chi connectivity index (χ0v) is 11.1. The molecule has 0 fully saturated rings. The maximum Gasteiger partial charge on any atom is 0.368 e. The Kier molecular flexibility index (Phi) is 4.08. The molecule has 6 heteroatoms. The van der Waals surface area contributed by atoms with Crippen LogP contribution in [0.3, 0.4) is 0 Å². The number of sulfone groups is 1. The Morgan fingerprint density at radius 1 is 1.33 bits per heavy atom. The number of rotatable bonds is 3. The van der Waals surface area contributed by atoms with E-state index in [4.69, 9.17) is 4.74 Å². The van der Waals surface area contributed by atoms with Crippen LogP contribution < -0.4 is 0 Å². The summed E-state index contributed by atoms with van der Waals surface area (Å²) in [6.07, 6.45) is 1.52. The molecule has 0 saturated heterocycles. The highest BCUT2D eigenvalue weighted by Crippen LogP contribution is 2.23. The molecule has 0 N–H and O–H groups in total. The first-order valence-electron chi connectivity index (χ1n) is 5.33. The third kappa shape index (κ3) is 3.89. The van der Waals surface area contributed by atoms with Crippen LogP contribution in [-0.2, 0) is 21.2 Å². The Balaban J connectivity index is 1.79. The first kappa shape index (κ1) is 13.2. The highest BCUT2D eigenvalue weighted by atomic mass is 32.2. The van der Waals surface area contributed by atoms with Gasteiger partial charge in [0, 0.05) is 10.7 Å². The van der Waals surface area contributed by atoms with E-state index in [1.807, 2.05) is 30.3 Å². The van der Waals surface area contributed by atoms with Crippen molar-refractivity contribution in [1.29, 1.82) is 0 Å². The van der Waals surface area contributed by atoms with E-state index in [2.05, 4.69) is 0 Å². The Morgan fingerprint density at radius 2 is 2.06 bits per heavy atom. The van der Waals surface area contributed by atoms with Crippen LogP contribution in [0, 0.1) is 0 Å². The SMILES string of the molecule is O=C(OCc1ccccc1)SC1C=CS(=O)(=O)C1. The van der Waals surface area contributed by atoms with Gasteiger partial charge in [0.15, 0.2) is 9.84 Å². The van der Waals surface area contributed by atoms with Gasteiger partial charge in [0.1, 0.15) is 6.61 Å². The number of thioether (sulfide) groups is 1. The summed E-state index contributed by atoms with van der Waals surface area (Å²) in [7, 11) is -3.12. The maximum atomic E-state index is 11.5. The van der Waals surface area contributed by atoms with Crippen LogP contribution in [0.4, 0.5) is 4.79 Å². The van der Waals surface area contributed by atoms with Crippen molar-refractivity contribution in [2.45, 2.75) is 11.9 Å². The highest BCUT2D eigenvalue weighted by Gasteiger charge is 2.25. The van der Waals surface area contributed by atoms with Gasteiger partial charge < -0.3 is 4.74 Å². The second-order valence-corrected chi connectivity index (χ2v) is 6.94. The van der Waals surface area contributed by atoms with Crippen molar-refractivity contribution in [3.8, 4) is 0 Å². The third-order valence-electron chi connectivity index (χ3n) is 2.34. The fourth-order valence-corrected chi connectivity index (χ4v) is 4.08. The largest absolute Gasteiger partial charge is 0.453 e. The van der Waals surface area contributed by atoms with Gasteiger partial charge in [-0.1, -0.05) is 36.4 Å². The van der Waals surface area contributed by atoms with Crippen LogP contribution in [0.1, 0.15) is 5.56 Å². The first-order chi connectivity index (χ1) is 8.55. The van der Waals surface area contributed by atoms with E-state index >= 15 is 0 Å². The van der Waals surface area contributed by atoms with Gasteiger partial charge >= 0.3 is 5.30 Å². The molecule has 0 aliphatic carbocycles. The predicted octanol–water partition coefficient (Wildman–Crippen LogP) is 2.37. The third-order valence-corrected chi connectivity index (χ3v) is 4.89. The summed E-state index contributed by atoms with van der Waals surface area (Å²) in [5.74, 6) is -0.0297. The minimum Gasteiger partial charge on any atom is -0.453 e. The van der Waals surface area contributed by atoms with Gasteiger partial charge in [0.25, 0.3) is 0 Å². The van der Waals surface area contributed by atoms with E-state index in [9.17, 15) is 13.2 Å². The molecule has 1 atom stereocenters. The second-order valence-electron chi connectivity index (χ2n) is 3.84. The Labute approximate surface area is 110 Å². The summed E-state index contributed by atoms with van der Waals surface area (Å²) >= 11 is 0.902. The lowest BCUT2D eigenvalue weighted by Gasteiger charge is -2.06. The molecule has 0 spiro atoms. The van der Waals surface area contributed by atoms with Crippen molar-refractivity contribution >= 4 is 26.9 Å². The normalized spacial score (nSPS) is 20.8. The van der Waals surface area contributed by atoms with Crippen LogP contribution in [-0.4, -0.2) is 24.7 Å². The molecule has 96 valence electrons. The lowest BCUT2D eigenvalue weighted by molar-refractivity contribution is 0.168. The number of benzene rings is 1. The molecule has 0 saturated carbocycles. The zero-order valence-electron chi connectivity index (χ0n) is 9.48.